The van der Waals surface area contributed by atoms with E-state index < -0.39 is 11.8 Å². The second-order valence-electron chi connectivity index (χ2n) is 6.38. The van der Waals surface area contributed by atoms with Gasteiger partial charge in [-0.2, -0.15) is 4.39 Å². The number of hydrogen-bond acceptors (Lipinski definition) is 5. The molecule has 9 heteroatoms. The van der Waals surface area contributed by atoms with Gasteiger partial charge in [0.05, 0.1) is 15.6 Å². The van der Waals surface area contributed by atoms with Gasteiger partial charge in [0.1, 0.15) is 16.4 Å². The summed E-state index contributed by atoms with van der Waals surface area (Å²) in [5.74, 6) is -0.985. The minimum absolute atomic E-state index is 0.0127. The third-order valence-corrected chi connectivity index (χ3v) is 6.24. The molecule has 1 spiro atoms. The van der Waals surface area contributed by atoms with Crippen molar-refractivity contribution in [1.29, 1.82) is 0 Å². The molecule has 3 heterocycles. The summed E-state index contributed by atoms with van der Waals surface area (Å²) in [6, 6.07) is 5.95. The van der Waals surface area contributed by atoms with E-state index >= 15 is 0 Å². The third-order valence-electron chi connectivity index (χ3n) is 4.55. The van der Waals surface area contributed by atoms with Crippen molar-refractivity contribution in [3.05, 3.63) is 46.1 Å². The van der Waals surface area contributed by atoms with Gasteiger partial charge >= 0.3 is 0 Å². The minimum atomic E-state index is -0.628. The van der Waals surface area contributed by atoms with E-state index in [-0.39, 0.29) is 26.4 Å². The molecule has 138 valence electrons. The lowest BCUT2D eigenvalue weighted by Gasteiger charge is -2.48. The van der Waals surface area contributed by atoms with Crippen LogP contribution in [0.3, 0.4) is 0 Å². The lowest BCUT2D eigenvalue weighted by Crippen LogP contribution is -2.61. The number of hydrogen-bond donors (Lipinski definition) is 1. The number of halogens is 4. The van der Waals surface area contributed by atoms with Crippen molar-refractivity contribution in [2.75, 3.05) is 29.3 Å². The lowest BCUT2D eigenvalue weighted by atomic mass is 9.90. The monoisotopic (exact) mass is 417 g/mol. The molecule has 0 amide bonds. The van der Waals surface area contributed by atoms with E-state index in [1.54, 1.807) is 12.1 Å². The van der Waals surface area contributed by atoms with Gasteiger partial charge < -0.3 is 14.4 Å². The number of anilines is 2. The topological polar surface area (TPSA) is 37.4 Å². The van der Waals surface area contributed by atoms with E-state index in [0.29, 0.717) is 18.8 Å². The van der Waals surface area contributed by atoms with Gasteiger partial charge in [0.15, 0.2) is 5.82 Å². The molecule has 2 aliphatic heterocycles. The molecule has 2 saturated heterocycles. The molecule has 2 aromatic rings. The summed E-state index contributed by atoms with van der Waals surface area (Å²) >= 11 is 13.4. The summed E-state index contributed by atoms with van der Waals surface area (Å²) in [5, 5.41) is 0.239. The molecule has 0 radical (unpaired) electrons. The Morgan fingerprint density at radius 3 is 2.77 bits per heavy atom. The van der Waals surface area contributed by atoms with Crippen LogP contribution in [0.15, 0.2) is 29.2 Å². The van der Waals surface area contributed by atoms with Crippen LogP contribution in [-0.4, -0.2) is 30.3 Å². The molecule has 0 saturated carbocycles. The highest BCUT2D eigenvalue weighted by molar-refractivity contribution is 8.00. The van der Waals surface area contributed by atoms with Crippen LogP contribution in [-0.2, 0) is 4.74 Å². The minimum Gasteiger partial charge on any atom is -0.371 e. The van der Waals surface area contributed by atoms with Gasteiger partial charge in [0.25, 0.3) is 0 Å². The number of nitrogens with one attached hydrogen (secondary N) is 1. The normalized spacial score (nSPS) is 18.2. The molecular formula is C17H15Cl2F2N3OS. The molecule has 2 fully saturated rings. The van der Waals surface area contributed by atoms with Crippen LogP contribution in [0.2, 0.25) is 10.0 Å². The van der Waals surface area contributed by atoms with Crippen LogP contribution in [0.5, 0.6) is 0 Å². The van der Waals surface area contributed by atoms with Crippen molar-refractivity contribution in [2.24, 2.45) is 0 Å². The van der Waals surface area contributed by atoms with Gasteiger partial charge in [-0.3, -0.25) is 0 Å². The summed E-state index contributed by atoms with van der Waals surface area (Å²) in [7, 11) is 0. The number of benzene rings is 1. The average Bonchev–Trinajstić information content (AvgIpc) is 3.07. The first-order valence-electron chi connectivity index (χ1n) is 8.09. The molecule has 0 aliphatic carbocycles. The molecular weight excluding hydrogens is 403 g/mol. The highest BCUT2D eigenvalue weighted by Gasteiger charge is 2.47. The maximum absolute atomic E-state index is 14.8. The molecule has 1 aromatic carbocycles. The number of ether oxygens (including phenoxy) is 1. The second-order valence-corrected chi connectivity index (χ2v) is 7.98. The fourth-order valence-electron chi connectivity index (χ4n) is 3.28. The first-order valence-corrected chi connectivity index (χ1v) is 9.66. The van der Waals surface area contributed by atoms with Gasteiger partial charge in [-0.05, 0) is 43.0 Å². The number of rotatable bonds is 4. The fourth-order valence-corrected chi connectivity index (χ4v) is 4.58. The van der Waals surface area contributed by atoms with Crippen LogP contribution in [0.25, 0.3) is 0 Å². The highest BCUT2D eigenvalue weighted by Crippen LogP contribution is 2.44. The van der Waals surface area contributed by atoms with Crippen LogP contribution >= 0.6 is 35.1 Å². The van der Waals surface area contributed by atoms with E-state index in [9.17, 15) is 8.78 Å². The zero-order valence-corrected chi connectivity index (χ0v) is 15.9. The molecule has 0 atom stereocenters. The molecule has 26 heavy (non-hydrogen) atoms. The van der Waals surface area contributed by atoms with E-state index in [1.165, 1.54) is 12.1 Å². The van der Waals surface area contributed by atoms with E-state index in [1.807, 2.05) is 4.90 Å². The number of nitrogens with zero attached hydrogens (tertiary/aromatic N) is 2. The number of pyridine rings is 1. The van der Waals surface area contributed by atoms with E-state index in [4.69, 9.17) is 27.9 Å². The Hall–Kier alpha value is -1.28. The zero-order chi connectivity index (χ0) is 18.3. The Labute approximate surface area is 164 Å². The molecule has 0 bridgehead atoms. The van der Waals surface area contributed by atoms with Crippen LogP contribution in [0.4, 0.5) is 20.3 Å². The highest BCUT2D eigenvalue weighted by atomic mass is 35.5. The van der Waals surface area contributed by atoms with Crippen LogP contribution < -0.4 is 9.62 Å². The van der Waals surface area contributed by atoms with Crippen molar-refractivity contribution >= 4 is 46.7 Å². The summed E-state index contributed by atoms with van der Waals surface area (Å²) in [6.07, 6.45) is 2.06. The maximum atomic E-state index is 14.8. The smallest absolute Gasteiger partial charge is 0.214 e. The van der Waals surface area contributed by atoms with Gasteiger partial charge in [-0.1, -0.05) is 29.3 Å². The van der Waals surface area contributed by atoms with Crippen molar-refractivity contribution in [3.8, 4) is 0 Å². The second kappa shape index (κ2) is 7.03. The van der Waals surface area contributed by atoms with Crippen LogP contribution in [0, 0.1) is 11.8 Å². The standard InChI is InChI=1S/C17H15Cl2F2N3OS/c18-10-7-11(24-8-17(9-24)5-2-6-25-17)14(19)15(21)16(10)26-23-13-4-1-3-12(20)22-13/h1,3-4,7H,2,5-6,8-9H2,(H,22,23). The van der Waals surface area contributed by atoms with Crippen molar-refractivity contribution in [1.82, 2.24) is 4.98 Å². The molecule has 0 unspecified atom stereocenters. The van der Waals surface area contributed by atoms with Crippen LogP contribution in [0.1, 0.15) is 12.8 Å². The Balaban J connectivity index is 1.51. The predicted molar refractivity (Wildman–Crippen MR) is 100 cm³/mol. The predicted octanol–water partition coefficient (Wildman–Crippen LogP) is 5.16. The zero-order valence-electron chi connectivity index (χ0n) is 13.6. The Morgan fingerprint density at radius 1 is 1.27 bits per heavy atom. The van der Waals surface area contributed by atoms with Crippen molar-refractivity contribution in [2.45, 2.75) is 23.3 Å². The van der Waals surface area contributed by atoms with Crippen molar-refractivity contribution < 1.29 is 13.5 Å². The summed E-state index contributed by atoms with van der Waals surface area (Å²) in [4.78, 5) is 5.77. The third kappa shape index (κ3) is 3.33. The van der Waals surface area contributed by atoms with Gasteiger partial charge in [0, 0.05) is 19.7 Å². The first-order chi connectivity index (χ1) is 12.5. The van der Waals surface area contributed by atoms with E-state index in [0.717, 1.165) is 31.4 Å². The Kier molecular flexibility index (Phi) is 4.90. The molecule has 4 nitrogen and oxygen atoms in total. The molecule has 1 aromatic heterocycles. The maximum Gasteiger partial charge on any atom is 0.214 e. The SMILES string of the molecule is Fc1cccc(NSc2c(Cl)cc(N3CC4(CCCO4)C3)c(Cl)c2F)n1. The first kappa shape index (κ1) is 18.1. The largest absolute Gasteiger partial charge is 0.371 e. The summed E-state index contributed by atoms with van der Waals surface area (Å²) < 4.78 is 36.5. The molecule has 4 rings (SSSR count). The molecule has 1 N–H and O–H groups in total. The summed E-state index contributed by atoms with van der Waals surface area (Å²) in [6.45, 7) is 2.13. The molecule has 2 aliphatic rings. The van der Waals surface area contributed by atoms with E-state index in [2.05, 4.69) is 9.71 Å². The lowest BCUT2D eigenvalue weighted by molar-refractivity contribution is -0.0180. The van der Waals surface area contributed by atoms with Gasteiger partial charge in [-0.15, -0.1) is 0 Å². The van der Waals surface area contributed by atoms with Gasteiger partial charge in [0.2, 0.25) is 5.95 Å². The van der Waals surface area contributed by atoms with Crippen molar-refractivity contribution in [3.63, 3.8) is 0 Å². The fraction of sp³-hybridized carbons (Fsp3) is 0.353. The number of aromatic nitrogens is 1. The van der Waals surface area contributed by atoms with Gasteiger partial charge in [-0.25, -0.2) is 9.37 Å². The Morgan fingerprint density at radius 2 is 2.08 bits per heavy atom. The average molecular weight is 418 g/mol. The quantitative estimate of drug-likeness (QED) is 0.422. The summed E-state index contributed by atoms with van der Waals surface area (Å²) in [5.41, 5.74) is 0.438. The Bertz CT molecular complexity index is 841.